The lowest BCUT2D eigenvalue weighted by molar-refractivity contribution is 0.420. The Bertz CT molecular complexity index is 4470. The largest absolute Gasteiger partial charge is 0.496 e. The lowest BCUT2D eigenvalue weighted by Crippen LogP contribution is -2.03. The van der Waals surface area contributed by atoms with E-state index in [2.05, 4.69) is 109 Å². The molecule has 0 radical (unpaired) electrons. The molecule has 4 nitrogen and oxygen atoms in total. The van der Waals surface area contributed by atoms with Gasteiger partial charge in [-0.1, -0.05) is 72.8 Å². The molecule has 0 spiro atoms. The van der Waals surface area contributed by atoms with Crippen LogP contribution >= 0.6 is 0 Å². The van der Waals surface area contributed by atoms with Crippen molar-refractivity contribution in [3.8, 4) is 23.0 Å². The Kier molecular flexibility index (Phi) is 4.84. The maximum absolute atomic E-state index is 6.34. The second-order valence-corrected chi connectivity index (χ2v) is 18.6. The Morgan fingerprint density at radius 1 is 0.188 bits per heavy atom. The van der Waals surface area contributed by atoms with Crippen LogP contribution in [0, 0.1) is 0 Å². The molecule has 0 heterocycles. The van der Waals surface area contributed by atoms with Gasteiger partial charge < -0.3 is 18.9 Å². The summed E-state index contributed by atoms with van der Waals surface area (Å²) in [7, 11) is 7.25. The average molecular weight is 815 g/mol. The van der Waals surface area contributed by atoms with E-state index in [1.807, 2.05) is 28.4 Å². The predicted octanol–water partition coefficient (Wildman–Crippen LogP) is 16.3. The summed E-state index contributed by atoms with van der Waals surface area (Å²) in [4.78, 5) is 0. The fourth-order valence-corrected chi connectivity index (χ4v) is 14.5. The molecule has 0 aromatic heterocycles. The molecule has 0 fully saturated rings. The van der Waals surface area contributed by atoms with Gasteiger partial charge in [-0.15, -0.1) is 0 Å². The van der Waals surface area contributed by atoms with Gasteiger partial charge in [0.15, 0.2) is 0 Å². The molecule has 4 heteroatoms. The van der Waals surface area contributed by atoms with E-state index in [0.717, 1.165) is 44.5 Å². The Labute approximate surface area is 361 Å². The van der Waals surface area contributed by atoms with Crippen LogP contribution in [0.5, 0.6) is 23.0 Å². The van der Waals surface area contributed by atoms with Gasteiger partial charge in [-0.25, -0.2) is 0 Å². The number of methoxy groups -OCH3 is 4. The monoisotopic (exact) mass is 814 g/mol. The highest BCUT2D eigenvalue weighted by Gasteiger charge is 2.35. The third-order valence-electron chi connectivity index (χ3n) is 16.5. The zero-order chi connectivity index (χ0) is 41.5. The van der Waals surface area contributed by atoms with Crippen molar-refractivity contribution in [2.75, 3.05) is 28.4 Å². The molecule has 0 aliphatic heterocycles. The van der Waals surface area contributed by atoms with Gasteiger partial charge in [0.25, 0.3) is 0 Å². The normalized spacial score (nSPS) is 13.6. The van der Waals surface area contributed by atoms with Gasteiger partial charge in [-0.2, -0.15) is 0 Å². The van der Waals surface area contributed by atoms with Crippen molar-refractivity contribution >= 4 is 183 Å². The van der Waals surface area contributed by atoms with E-state index >= 15 is 0 Å². The van der Waals surface area contributed by atoms with E-state index in [1.165, 1.54) is 162 Å². The van der Waals surface area contributed by atoms with Gasteiger partial charge in [0.05, 0.1) is 28.4 Å². The van der Waals surface area contributed by atoms with Gasteiger partial charge in [0, 0.05) is 43.1 Å². The molecule has 294 valence electrons. The number of hydrogen-bond acceptors (Lipinski definition) is 4. The smallest absolute Gasteiger partial charge is 0.127 e. The highest BCUT2D eigenvalue weighted by atomic mass is 16.5. The van der Waals surface area contributed by atoms with Crippen molar-refractivity contribution in [2.45, 2.75) is 0 Å². The fraction of sp³-hybridized carbons (Fsp3) is 0.0667. The maximum atomic E-state index is 6.34. The summed E-state index contributed by atoms with van der Waals surface area (Å²) >= 11 is 0. The molecule has 0 bridgehead atoms. The van der Waals surface area contributed by atoms with Crippen LogP contribution in [0.1, 0.15) is 0 Å². The van der Waals surface area contributed by atoms with Crippen molar-refractivity contribution in [1.29, 1.82) is 0 Å². The molecule has 0 unspecified atom stereocenters. The first kappa shape index (κ1) is 31.7. The van der Waals surface area contributed by atoms with E-state index in [4.69, 9.17) is 18.9 Å². The molecule has 64 heavy (non-hydrogen) atoms. The minimum atomic E-state index is 0.888. The molecule has 0 saturated carbocycles. The first-order valence-corrected chi connectivity index (χ1v) is 22.1. The number of rotatable bonds is 4. The van der Waals surface area contributed by atoms with Crippen LogP contribution in [0.25, 0.3) is 183 Å². The van der Waals surface area contributed by atoms with Crippen LogP contribution in [0.3, 0.4) is 0 Å². The van der Waals surface area contributed by atoms with Gasteiger partial charge in [0.1, 0.15) is 23.0 Å². The van der Waals surface area contributed by atoms with Crippen molar-refractivity contribution in [2.24, 2.45) is 0 Å². The SMILES string of the molecule is COc1cc2c3cc(OC)c4cccc5c6cc7c8cccc9c(OC)cc%10c%11cc(OC)c%12cccc%13c%14cc%15c%16cccc1c%16c2c1c%15c2c%14c(c%11c%12%13)c(c%10c98)c7c2c6c1c3c45. The van der Waals surface area contributed by atoms with E-state index in [-0.39, 0.29) is 0 Å². The van der Waals surface area contributed by atoms with Gasteiger partial charge in [-0.3, -0.25) is 0 Å². The van der Waals surface area contributed by atoms with Crippen molar-refractivity contribution < 1.29 is 18.9 Å². The molecule has 0 saturated heterocycles. The third-order valence-corrected chi connectivity index (χ3v) is 16.5. The lowest BCUT2D eigenvalue weighted by atomic mass is 9.71. The van der Waals surface area contributed by atoms with Crippen LogP contribution in [0.4, 0.5) is 0 Å². The summed E-state index contributed by atoms with van der Waals surface area (Å²) in [6, 6.07) is 41.7. The van der Waals surface area contributed by atoms with Gasteiger partial charge in [-0.05, 0) is 176 Å². The van der Waals surface area contributed by atoms with Crippen molar-refractivity contribution in [3.05, 3.63) is 109 Å². The summed E-state index contributed by atoms with van der Waals surface area (Å²) in [5.74, 6) is 3.55. The highest BCUT2D eigenvalue weighted by molar-refractivity contribution is 6.64. The number of hydrogen-bond donors (Lipinski definition) is 0. The summed E-state index contributed by atoms with van der Waals surface area (Å²) in [6.45, 7) is 0. The number of benzene rings is 18. The third kappa shape index (κ3) is 2.91. The molecule has 0 aliphatic carbocycles. The lowest BCUT2D eigenvalue weighted by Gasteiger charge is -2.31. The fourth-order valence-electron chi connectivity index (χ4n) is 14.5. The summed E-state index contributed by atoms with van der Waals surface area (Å²) in [6.07, 6.45) is 0. The van der Waals surface area contributed by atoms with E-state index in [1.54, 1.807) is 0 Å². The molecular weight excluding hydrogens is 785 g/mol. The zero-order valence-electron chi connectivity index (χ0n) is 35.0. The maximum Gasteiger partial charge on any atom is 0.127 e. The predicted molar refractivity (Wildman–Crippen MR) is 271 cm³/mol. The second-order valence-electron chi connectivity index (χ2n) is 18.6. The molecule has 0 aliphatic rings. The van der Waals surface area contributed by atoms with Crippen LogP contribution in [0.15, 0.2) is 109 Å². The average Bonchev–Trinajstić information content (AvgIpc) is 3.35. The molecule has 0 N–H and O–H groups in total. The van der Waals surface area contributed by atoms with Crippen LogP contribution in [-0.4, -0.2) is 28.4 Å². The van der Waals surface area contributed by atoms with Gasteiger partial charge >= 0.3 is 0 Å². The number of ether oxygens (including phenoxy) is 4. The van der Waals surface area contributed by atoms with Gasteiger partial charge in [0.2, 0.25) is 0 Å². The Hall–Kier alpha value is -8.08. The highest BCUT2D eigenvalue weighted by Crippen LogP contribution is 2.64. The second kappa shape index (κ2) is 9.76. The van der Waals surface area contributed by atoms with E-state index < -0.39 is 0 Å². The van der Waals surface area contributed by atoms with Crippen LogP contribution in [0.2, 0.25) is 0 Å². The Morgan fingerprint density at radius 2 is 0.375 bits per heavy atom. The molecule has 18 rings (SSSR count). The molecule has 18 aromatic carbocycles. The summed E-state index contributed by atoms with van der Waals surface area (Å²) < 4.78 is 25.4. The standard InChI is InChI=1S/C60H30O4/c1-61-39-19-35-36-20-40(62-2)28-14-6-10-24-33-18-34-26-12-8-16-30-42(64-4)22-38-37-21-41(63-3)29-15-7-11-25-32-17-31-23-9-5-13-27(39)43(23)47(35)55-51(31)59-53(32)57(49(37)45(25)29)58(50(38)46(26)30)54(34)60(59)52(33)56(55)48(36)44(24)28/h5-22H,1-4H3. The zero-order valence-corrected chi connectivity index (χ0v) is 35.0. The summed E-state index contributed by atoms with van der Waals surface area (Å²) in [5, 5.41) is 43.5. The van der Waals surface area contributed by atoms with Crippen LogP contribution < -0.4 is 18.9 Å². The first-order chi connectivity index (χ1) is 31.6. The topological polar surface area (TPSA) is 36.9 Å². The van der Waals surface area contributed by atoms with E-state index in [0.29, 0.717) is 0 Å². The first-order valence-electron chi connectivity index (χ1n) is 22.1. The minimum Gasteiger partial charge on any atom is -0.496 e. The minimum absolute atomic E-state index is 0.888. The Morgan fingerprint density at radius 3 is 0.594 bits per heavy atom. The summed E-state index contributed by atoms with van der Waals surface area (Å²) in [5.41, 5.74) is 0. The quantitative estimate of drug-likeness (QED) is 0.131. The van der Waals surface area contributed by atoms with E-state index in [9.17, 15) is 0 Å². The molecule has 0 amide bonds. The van der Waals surface area contributed by atoms with Crippen molar-refractivity contribution in [1.82, 2.24) is 0 Å². The Balaban J connectivity index is 1.33. The molecule has 0 atom stereocenters. The van der Waals surface area contributed by atoms with Crippen molar-refractivity contribution in [3.63, 3.8) is 0 Å². The molecule has 18 aromatic rings. The number of fused-ring (bicyclic) bond motifs is 6. The molecular formula is C60H30O4. The van der Waals surface area contributed by atoms with Crippen LogP contribution in [-0.2, 0) is 0 Å².